The highest BCUT2D eigenvalue weighted by atomic mass is 16.4. The second-order valence-electron chi connectivity index (χ2n) is 6.19. The van der Waals surface area contributed by atoms with Crippen LogP contribution in [-0.4, -0.2) is 35.0 Å². The molecule has 1 N–H and O–H groups in total. The van der Waals surface area contributed by atoms with E-state index in [-0.39, 0.29) is 18.9 Å². The number of carboxylic acids is 1. The second-order valence-corrected chi connectivity index (χ2v) is 6.19. The van der Waals surface area contributed by atoms with Crippen LogP contribution in [0.4, 0.5) is 0 Å². The topological polar surface area (TPSA) is 57.6 Å². The van der Waals surface area contributed by atoms with Gasteiger partial charge < -0.3 is 10.0 Å². The van der Waals surface area contributed by atoms with E-state index < -0.39 is 5.97 Å². The van der Waals surface area contributed by atoms with Crippen LogP contribution in [-0.2, 0) is 16.0 Å². The molecule has 0 fully saturated rings. The maximum atomic E-state index is 12.6. The van der Waals surface area contributed by atoms with Crippen molar-refractivity contribution in [3.05, 3.63) is 48.0 Å². The fourth-order valence-corrected chi connectivity index (χ4v) is 2.71. The number of amides is 1. The minimum absolute atomic E-state index is 0.0173. The number of aliphatic carboxylic acids is 1. The predicted octanol–water partition coefficient (Wildman–Crippen LogP) is 3.34. The Morgan fingerprint density at radius 2 is 1.78 bits per heavy atom. The van der Waals surface area contributed by atoms with Gasteiger partial charge in [0.2, 0.25) is 5.91 Å². The van der Waals surface area contributed by atoms with E-state index in [9.17, 15) is 9.59 Å². The van der Waals surface area contributed by atoms with Crippen LogP contribution in [0.2, 0.25) is 0 Å². The molecule has 2 rings (SSSR count). The number of benzene rings is 2. The fourth-order valence-electron chi connectivity index (χ4n) is 2.71. The summed E-state index contributed by atoms with van der Waals surface area (Å²) in [6, 6.07) is 13.9. The molecule has 4 nitrogen and oxygen atoms in total. The number of fused-ring (bicyclic) bond motifs is 1. The molecule has 1 amide bonds. The summed E-state index contributed by atoms with van der Waals surface area (Å²) in [5.74, 6) is -0.590. The Morgan fingerprint density at radius 3 is 2.48 bits per heavy atom. The average Bonchev–Trinajstić information content (AvgIpc) is 2.51. The molecule has 0 spiro atoms. The molecule has 2 aromatic rings. The number of hydrogen-bond donors (Lipinski definition) is 1. The van der Waals surface area contributed by atoms with Gasteiger partial charge in [0.15, 0.2) is 0 Å². The molecular formula is C19H23NO3. The third-order valence-corrected chi connectivity index (χ3v) is 3.76. The quantitative estimate of drug-likeness (QED) is 0.853. The first kappa shape index (κ1) is 17.0. The summed E-state index contributed by atoms with van der Waals surface area (Å²) in [6.07, 6.45) is 0.279. The molecule has 23 heavy (non-hydrogen) atoms. The van der Waals surface area contributed by atoms with Gasteiger partial charge in [-0.05, 0) is 22.3 Å². The maximum absolute atomic E-state index is 12.6. The molecule has 4 heteroatoms. The van der Waals surface area contributed by atoms with Crippen molar-refractivity contribution in [2.75, 3.05) is 13.1 Å². The molecule has 0 bridgehead atoms. The van der Waals surface area contributed by atoms with Gasteiger partial charge >= 0.3 is 5.97 Å². The van der Waals surface area contributed by atoms with Crippen LogP contribution in [0.3, 0.4) is 0 Å². The molecule has 0 saturated carbocycles. The summed E-state index contributed by atoms with van der Waals surface area (Å²) in [6.45, 7) is 4.89. The third kappa shape index (κ3) is 4.81. The second kappa shape index (κ2) is 7.77. The Morgan fingerprint density at radius 1 is 1.09 bits per heavy atom. The van der Waals surface area contributed by atoms with Crippen molar-refractivity contribution >= 4 is 22.6 Å². The molecule has 0 aliphatic rings. The third-order valence-electron chi connectivity index (χ3n) is 3.76. The maximum Gasteiger partial charge on any atom is 0.305 e. The van der Waals surface area contributed by atoms with Crippen LogP contribution in [0.25, 0.3) is 10.8 Å². The van der Waals surface area contributed by atoms with Gasteiger partial charge in [-0.3, -0.25) is 9.59 Å². The Bertz CT molecular complexity index is 689. The van der Waals surface area contributed by atoms with Crippen molar-refractivity contribution in [1.82, 2.24) is 4.90 Å². The lowest BCUT2D eigenvalue weighted by Gasteiger charge is -2.24. The van der Waals surface area contributed by atoms with Crippen LogP contribution in [0.15, 0.2) is 42.5 Å². The summed E-state index contributed by atoms with van der Waals surface area (Å²) in [5.41, 5.74) is 0.984. The van der Waals surface area contributed by atoms with E-state index >= 15 is 0 Å². The van der Waals surface area contributed by atoms with E-state index in [1.165, 1.54) is 0 Å². The van der Waals surface area contributed by atoms with Gasteiger partial charge in [-0.15, -0.1) is 0 Å². The lowest BCUT2D eigenvalue weighted by molar-refractivity contribution is -0.138. The molecule has 2 aromatic carbocycles. The summed E-state index contributed by atoms with van der Waals surface area (Å²) in [5, 5.41) is 11.1. The van der Waals surface area contributed by atoms with Gasteiger partial charge in [-0.25, -0.2) is 0 Å². The normalized spacial score (nSPS) is 10.9. The number of carbonyl (C=O) groups excluding carboxylic acids is 1. The molecule has 0 atom stereocenters. The zero-order valence-corrected chi connectivity index (χ0v) is 13.7. The van der Waals surface area contributed by atoms with E-state index in [1.807, 2.05) is 56.3 Å². The standard InChI is InChI=1S/C19H23NO3/c1-14(2)13-20(11-10-19(22)23)18(21)12-16-8-5-7-15-6-3-4-9-17(15)16/h3-9,14H,10-13H2,1-2H3,(H,22,23). The lowest BCUT2D eigenvalue weighted by Crippen LogP contribution is -2.37. The molecule has 0 aliphatic carbocycles. The average molecular weight is 313 g/mol. The molecule has 122 valence electrons. The van der Waals surface area contributed by atoms with Crippen molar-refractivity contribution < 1.29 is 14.7 Å². The van der Waals surface area contributed by atoms with Gasteiger partial charge in [-0.1, -0.05) is 56.3 Å². The van der Waals surface area contributed by atoms with E-state index in [4.69, 9.17) is 5.11 Å². The van der Waals surface area contributed by atoms with Crippen LogP contribution >= 0.6 is 0 Å². The Labute approximate surface area is 136 Å². The van der Waals surface area contributed by atoms with Crippen molar-refractivity contribution in [3.63, 3.8) is 0 Å². The minimum atomic E-state index is -0.878. The SMILES string of the molecule is CC(C)CN(CCC(=O)O)C(=O)Cc1cccc2ccccc12. The molecule has 0 aromatic heterocycles. The number of carbonyl (C=O) groups is 2. The highest BCUT2D eigenvalue weighted by Crippen LogP contribution is 2.19. The van der Waals surface area contributed by atoms with Gasteiger partial charge in [0.1, 0.15) is 0 Å². The minimum Gasteiger partial charge on any atom is -0.481 e. The number of nitrogens with zero attached hydrogens (tertiary/aromatic N) is 1. The van der Waals surface area contributed by atoms with E-state index in [1.54, 1.807) is 4.90 Å². The number of hydrogen-bond acceptors (Lipinski definition) is 2. The largest absolute Gasteiger partial charge is 0.481 e. The van der Waals surface area contributed by atoms with E-state index in [2.05, 4.69) is 0 Å². The molecule has 0 saturated heterocycles. The lowest BCUT2D eigenvalue weighted by atomic mass is 10.0. The van der Waals surface area contributed by atoms with E-state index in [0.717, 1.165) is 16.3 Å². The van der Waals surface area contributed by atoms with Crippen LogP contribution in [0.1, 0.15) is 25.8 Å². The van der Waals surface area contributed by atoms with Crippen molar-refractivity contribution in [2.45, 2.75) is 26.7 Å². The Hall–Kier alpha value is -2.36. The number of carboxylic acid groups (broad SMARTS) is 1. The van der Waals surface area contributed by atoms with Crippen LogP contribution in [0, 0.1) is 5.92 Å². The number of rotatable bonds is 7. The molecule has 0 aliphatic heterocycles. The first-order chi connectivity index (χ1) is 11.0. The predicted molar refractivity (Wildman–Crippen MR) is 91.3 cm³/mol. The van der Waals surface area contributed by atoms with Gasteiger partial charge in [0.25, 0.3) is 0 Å². The summed E-state index contributed by atoms with van der Waals surface area (Å²) < 4.78 is 0. The van der Waals surface area contributed by atoms with Crippen molar-refractivity contribution in [2.24, 2.45) is 5.92 Å². The molecule has 0 radical (unpaired) electrons. The van der Waals surface area contributed by atoms with Gasteiger partial charge in [-0.2, -0.15) is 0 Å². The Kier molecular flexibility index (Phi) is 5.74. The zero-order valence-electron chi connectivity index (χ0n) is 13.7. The first-order valence-corrected chi connectivity index (χ1v) is 7.93. The summed E-state index contributed by atoms with van der Waals surface area (Å²) in [4.78, 5) is 25.1. The molecule has 0 unspecified atom stereocenters. The molecule has 0 heterocycles. The highest BCUT2D eigenvalue weighted by Gasteiger charge is 2.17. The fraction of sp³-hybridized carbons (Fsp3) is 0.368. The molecular weight excluding hydrogens is 290 g/mol. The van der Waals surface area contributed by atoms with E-state index in [0.29, 0.717) is 18.9 Å². The first-order valence-electron chi connectivity index (χ1n) is 7.93. The van der Waals surface area contributed by atoms with Crippen LogP contribution < -0.4 is 0 Å². The monoisotopic (exact) mass is 313 g/mol. The summed E-state index contributed by atoms with van der Waals surface area (Å²) >= 11 is 0. The van der Waals surface area contributed by atoms with Crippen molar-refractivity contribution in [3.8, 4) is 0 Å². The Balaban J connectivity index is 2.17. The van der Waals surface area contributed by atoms with Gasteiger partial charge in [0.05, 0.1) is 12.8 Å². The van der Waals surface area contributed by atoms with Gasteiger partial charge in [0, 0.05) is 13.1 Å². The smallest absolute Gasteiger partial charge is 0.305 e. The van der Waals surface area contributed by atoms with Crippen molar-refractivity contribution in [1.29, 1.82) is 0 Å². The zero-order chi connectivity index (χ0) is 16.8. The van der Waals surface area contributed by atoms with Crippen LogP contribution in [0.5, 0.6) is 0 Å². The highest BCUT2D eigenvalue weighted by molar-refractivity contribution is 5.90. The summed E-state index contributed by atoms with van der Waals surface area (Å²) in [7, 11) is 0.